The number of para-hydroxylation sites is 2. The number of hydrogen-bond acceptors (Lipinski definition) is 5. The van der Waals surface area contributed by atoms with Gasteiger partial charge in [-0.1, -0.05) is 42.5 Å². The topological polar surface area (TPSA) is 74.1 Å². The molecule has 0 spiro atoms. The van der Waals surface area contributed by atoms with E-state index >= 15 is 0 Å². The summed E-state index contributed by atoms with van der Waals surface area (Å²) in [6, 6.07) is 19.1. The van der Waals surface area contributed by atoms with Crippen molar-refractivity contribution in [1.29, 1.82) is 0 Å². The molecular formula is C24H21N3O3. The Morgan fingerprint density at radius 3 is 2.43 bits per heavy atom. The Kier molecular flexibility index (Phi) is 5.39. The summed E-state index contributed by atoms with van der Waals surface area (Å²) in [5, 5.41) is 0. The maximum absolute atomic E-state index is 12.7. The van der Waals surface area contributed by atoms with Gasteiger partial charge in [-0.3, -0.25) is 9.78 Å². The third kappa shape index (κ3) is 3.98. The average Bonchev–Trinajstić information content (AvgIpc) is 3.06. The molecule has 0 bridgehead atoms. The predicted octanol–water partition coefficient (Wildman–Crippen LogP) is 4.14. The zero-order valence-corrected chi connectivity index (χ0v) is 16.8. The molecule has 6 heteroatoms. The molecule has 0 saturated heterocycles. The Bertz CT molecular complexity index is 1230. The number of Topliss-reactive ketones (excluding diaryl/α,β-unsaturated/α-hetero) is 1. The van der Waals surface area contributed by atoms with Gasteiger partial charge >= 0.3 is 5.97 Å². The molecule has 0 amide bonds. The molecule has 4 aromatic rings. The molecule has 150 valence electrons. The number of carbonyl (C=O) groups excluding carboxylic acids is 2. The van der Waals surface area contributed by atoms with Crippen LogP contribution in [0.1, 0.15) is 37.8 Å². The third-order valence-corrected chi connectivity index (χ3v) is 5.05. The van der Waals surface area contributed by atoms with E-state index in [2.05, 4.69) is 14.5 Å². The van der Waals surface area contributed by atoms with Gasteiger partial charge in [0.1, 0.15) is 0 Å². The Morgan fingerprint density at radius 2 is 1.67 bits per heavy atom. The molecule has 0 saturated carbocycles. The first kappa shape index (κ1) is 19.5. The fourth-order valence-electron chi connectivity index (χ4n) is 3.43. The van der Waals surface area contributed by atoms with Gasteiger partial charge in [-0.2, -0.15) is 0 Å². The Hall–Kier alpha value is -3.80. The lowest BCUT2D eigenvalue weighted by Gasteiger charge is -2.10. The maximum atomic E-state index is 12.7. The normalized spacial score (nSPS) is 10.9. The number of benzene rings is 2. The van der Waals surface area contributed by atoms with Crippen molar-refractivity contribution in [3.63, 3.8) is 0 Å². The smallest absolute Gasteiger partial charge is 0.359 e. The first-order valence-electron chi connectivity index (χ1n) is 9.65. The van der Waals surface area contributed by atoms with Crippen molar-refractivity contribution in [3.8, 4) is 0 Å². The summed E-state index contributed by atoms with van der Waals surface area (Å²) in [7, 11) is 0. The molecule has 0 radical (unpaired) electrons. The first-order chi connectivity index (χ1) is 14.5. The SMILES string of the molecule is Cc1cc(C(=O)COC(=O)c2cnc3ccccc3n2)c(C)n1Cc1ccccc1. The second kappa shape index (κ2) is 8.29. The minimum absolute atomic E-state index is 0.0797. The third-order valence-electron chi connectivity index (χ3n) is 5.05. The van der Waals surface area contributed by atoms with E-state index in [1.807, 2.05) is 68.4 Å². The first-order valence-corrected chi connectivity index (χ1v) is 9.65. The number of aryl methyl sites for hydroxylation is 1. The highest BCUT2D eigenvalue weighted by atomic mass is 16.5. The van der Waals surface area contributed by atoms with E-state index < -0.39 is 5.97 Å². The van der Waals surface area contributed by atoms with Crippen LogP contribution in [0.5, 0.6) is 0 Å². The highest BCUT2D eigenvalue weighted by molar-refractivity contribution is 6.00. The molecule has 6 nitrogen and oxygen atoms in total. The standard InChI is InChI=1S/C24H21N3O3/c1-16-12-19(17(2)27(16)14-18-8-4-3-5-9-18)23(28)15-30-24(29)22-13-25-20-10-6-7-11-21(20)26-22/h3-13H,14-15H2,1-2H3. The van der Waals surface area contributed by atoms with Crippen molar-refractivity contribution in [1.82, 2.24) is 14.5 Å². The maximum Gasteiger partial charge on any atom is 0.359 e. The van der Waals surface area contributed by atoms with Gasteiger partial charge in [-0.05, 0) is 37.6 Å². The van der Waals surface area contributed by atoms with Crippen molar-refractivity contribution in [2.24, 2.45) is 0 Å². The van der Waals surface area contributed by atoms with Crippen molar-refractivity contribution >= 4 is 22.8 Å². The van der Waals surface area contributed by atoms with E-state index in [0.717, 1.165) is 17.0 Å². The summed E-state index contributed by atoms with van der Waals surface area (Å²) in [5.41, 5.74) is 4.91. The molecule has 0 fully saturated rings. The monoisotopic (exact) mass is 399 g/mol. The van der Waals surface area contributed by atoms with Crippen LogP contribution in [0.4, 0.5) is 0 Å². The summed E-state index contributed by atoms with van der Waals surface area (Å²) in [5.74, 6) is -0.913. The summed E-state index contributed by atoms with van der Waals surface area (Å²) in [6.45, 7) is 4.20. The number of nitrogens with zero attached hydrogens (tertiary/aromatic N) is 3. The van der Waals surface area contributed by atoms with Gasteiger partial charge in [0.25, 0.3) is 0 Å². The Labute approximate surface area is 174 Å². The van der Waals surface area contributed by atoms with E-state index in [1.165, 1.54) is 6.20 Å². The molecule has 0 aliphatic rings. The van der Waals surface area contributed by atoms with Crippen molar-refractivity contribution in [2.45, 2.75) is 20.4 Å². The fraction of sp³-hybridized carbons (Fsp3) is 0.167. The minimum atomic E-state index is -0.667. The van der Waals surface area contributed by atoms with Crippen LogP contribution in [0, 0.1) is 13.8 Å². The summed E-state index contributed by atoms with van der Waals surface area (Å²) in [4.78, 5) is 33.5. The van der Waals surface area contributed by atoms with E-state index in [9.17, 15) is 9.59 Å². The second-order valence-electron chi connectivity index (χ2n) is 7.10. The minimum Gasteiger partial charge on any atom is -0.453 e. The zero-order chi connectivity index (χ0) is 21.1. The van der Waals surface area contributed by atoms with E-state index in [1.54, 1.807) is 6.07 Å². The van der Waals surface area contributed by atoms with Crippen molar-refractivity contribution in [3.05, 3.63) is 95.1 Å². The molecule has 0 unspecified atom stereocenters. The molecule has 2 aromatic heterocycles. The zero-order valence-electron chi connectivity index (χ0n) is 16.8. The highest BCUT2D eigenvalue weighted by Crippen LogP contribution is 2.18. The fourth-order valence-corrected chi connectivity index (χ4v) is 3.43. The summed E-state index contributed by atoms with van der Waals surface area (Å²) < 4.78 is 7.30. The Balaban J connectivity index is 1.46. The van der Waals surface area contributed by atoms with Gasteiger partial charge in [0.05, 0.1) is 17.2 Å². The molecular weight excluding hydrogens is 378 g/mol. The highest BCUT2D eigenvalue weighted by Gasteiger charge is 2.19. The van der Waals surface area contributed by atoms with Crippen LogP contribution in [0.2, 0.25) is 0 Å². The van der Waals surface area contributed by atoms with Gasteiger partial charge in [-0.15, -0.1) is 0 Å². The van der Waals surface area contributed by atoms with Gasteiger partial charge in [0, 0.05) is 23.5 Å². The number of carbonyl (C=O) groups is 2. The van der Waals surface area contributed by atoms with Crippen LogP contribution in [0.15, 0.2) is 66.9 Å². The molecule has 2 aromatic carbocycles. The van der Waals surface area contributed by atoms with Crippen LogP contribution in [-0.2, 0) is 11.3 Å². The van der Waals surface area contributed by atoms with Crippen LogP contribution >= 0.6 is 0 Å². The van der Waals surface area contributed by atoms with E-state index in [0.29, 0.717) is 23.1 Å². The molecule has 0 atom stereocenters. The van der Waals surface area contributed by atoms with Crippen LogP contribution < -0.4 is 0 Å². The molecule has 0 aliphatic heterocycles. The predicted molar refractivity (Wildman–Crippen MR) is 114 cm³/mol. The number of aromatic nitrogens is 3. The lowest BCUT2D eigenvalue weighted by atomic mass is 10.1. The second-order valence-corrected chi connectivity index (χ2v) is 7.10. The molecule has 2 heterocycles. The van der Waals surface area contributed by atoms with Gasteiger partial charge in [0.2, 0.25) is 5.78 Å². The quantitative estimate of drug-likeness (QED) is 0.360. The number of ketones is 1. The number of fused-ring (bicyclic) bond motifs is 1. The van der Waals surface area contributed by atoms with E-state index in [-0.39, 0.29) is 18.1 Å². The van der Waals surface area contributed by atoms with Crippen molar-refractivity contribution < 1.29 is 14.3 Å². The van der Waals surface area contributed by atoms with Gasteiger partial charge in [-0.25, -0.2) is 9.78 Å². The lowest BCUT2D eigenvalue weighted by Crippen LogP contribution is -2.16. The number of rotatable bonds is 6. The molecule has 0 N–H and O–H groups in total. The average molecular weight is 399 g/mol. The Morgan fingerprint density at radius 1 is 0.967 bits per heavy atom. The van der Waals surface area contributed by atoms with E-state index in [4.69, 9.17) is 4.74 Å². The van der Waals surface area contributed by atoms with Crippen LogP contribution in [0.3, 0.4) is 0 Å². The number of esters is 1. The summed E-state index contributed by atoms with van der Waals surface area (Å²) in [6.07, 6.45) is 1.36. The van der Waals surface area contributed by atoms with Crippen LogP contribution in [0.25, 0.3) is 11.0 Å². The summed E-state index contributed by atoms with van der Waals surface area (Å²) >= 11 is 0. The molecule has 0 aliphatic carbocycles. The lowest BCUT2D eigenvalue weighted by molar-refractivity contribution is 0.0468. The number of hydrogen-bond donors (Lipinski definition) is 0. The largest absolute Gasteiger partial charge is 0.453 e. The molecule has 4 rings (SSSR count). The number of ether oxygens (including phenoxy) is 1. The van der Waals surface area contributed by atoms with Gasteiger partial charge < -0.3 is 9.30 Å². The van der Waals surface area contributed by atoms with Gasteiger partial charge in [0.15, 0.2) is 12.3 Å². The van der Waals surface area contributed by atoms with Crippen LogP contribution in [-0.4, -0.2) is 32.9 Å². The van der Waals surface area contributed by atoms with Crippen molar-refractivity contribution in [2.75, 3.05) is 6.61 Å². The molecule has 30 heavy (non-hydrogen) atoms.